The first-order valence-corrected chi connectivity index (χ1v) is 6.23. The van der Waals surface area contributed by atoms with E-state index in [2.05, 4.69) is 38.9 Å². The van der Waals surface area contributed by atoms with Crippen LogP contribution in [0.3, 0.4) is 0 Å². The van der Waals surface area contributed by atoms with Gasteiger partial charge in [0, 0.05) is 32.7 Å². The molecular formula is C12H21N5. The Labute approximate surface area is 103 Å². The summed E-state index contributed by atoms with van der Waals surface area (Å²) < 4.78 is 0. The number of aromatic nitrogens is 2. The summed E-state index contributed by atoms with van der Waals surface area (Å²) in [6.45, 7) is 8.76. The Kier molecular flexibility index (Phi) is 3.78. The quantitative estimate of drug-likeness (QED) is 0.848. The zero-order chi connectivity index (χ0) is 12.3. The van der Waals surface area contributed by atoms with E-state index in [0.29, 0.717) is 6.04 Å². The molecule has 0 aliphatic carbocycles. The highest BCUT2D eigenvalue weighted by Crippen LogP contribution is 2.17. The highest BCUT2D eigenvalue weighted by molar-refractivity contribution is 5.44. The van der Waals surface area contributed by atoms with Crippen molar-refractivity contribution >= 4 is 11.6 Å². The van der Waals surface area contributed by atoms with E-state index in [1.807, 2.05) is 13.2 Å². The predicted octanol–water partition coefficient (Wildman–Crippen LogP) is 1.05. The van der Waals surface area contributed by atoms with Gasteiger partial charge in [-0.2, -0.15) is 0 Å². The summed E-state index contributed by atoms with van der Waals surface area (Å²) in [5.74, 6) is 1.80. The average molecular weight is 235 g/mol. The number of nitrogens with one attached hydrogen (secondary N) is 1. The standard InChI is InChI=1S/C12H21N5/c1-4-16-5-6-17(9-10(16)2)12-8-14-7-11(13-3)15-12/h7-8,10H,4-6,9H2,1-3H3,(H,13,15). The molecule has 5 heteroatoms. The Balaban J connectivity index is 2.08. The molecule has 1 aliphatic heterocycles. The van der Waals surface area contributed by atoms with E-state index < -0.39 is 0 Å². The summed E-state index contributed by atoms with van der Waals surface area (Å²) in [7, 11) is 1.87. The third-order valence-corrected chi connectivity index (χ3v) is 3.37. The van der Waals surface area contributed by atoms with Gasteiger partial charge in [-0.15, -0.1) is 0 Å². The fraction of sp³-hybridized carbons (Fsp3) is 0.667. The molecule has 0 radical (unpaired) electrons. The molecule has 0 bridgehead atoms. The van der Waals surface area contributed by atoms with E-state index in [-0.39, 0.29) is 0 Å². The molecule has 1 aromatic heterocycles. The molecule has 1 aromatic rings. The first kappa shape index (κ1) is 12.1. The van der Waals surface area contributed by atoms with Crippen LogP contribution in [0.2, 0.25) is 0 Å². The number of piperazine rings is 1. The van der Waals surface area contributed by atoms with Crippen LogP contribution < -0.4 is 10.2 Å². The van der Waals surface area contributed by atoms with Crippen LogP contribution in [0.1, 0.15) is 13.8 Å². The molecule has 17 heavy (non-hydrogen) atoms. The van der Waals surface area contributed by atoms with E-state index >= 15 is 0 Å². The molecule has 0 spiro atoms. The summed E-state index contributed by atoms with van der Waals surface area (Å²) in [6.07, 6.45) is 3.59. The van der Waals surface area contributed by atoms with Crippen LogP contribution >= 0.6 is 0 Å². The van der Waals surface area contributed by atoms with Crippen LogP contribution in [-0.2, 0) is 0 Å². The SMILES string of the molecule is CCN1CCN(c2cncc(NC)n2)CC1C. The normalized spacial score (nSPS) is 21.6. The lowest BCUT2D eigenvalue weighted by atomic mass is 10.2. The summed E-state index contributed by atoms with van der Waals surface area (Å²) in [5.41, 5.74) is 0. The first-order chi connectivity index (χ1) is 8.24. The monoisotopic (exact) mass is 235 g/mol. The van der Waals surface area contributed by atoms with Crippen molar-refractivity contribution in [3.63, 3.8) is 0 Å². The lowest BCUT2D eigenvalue weighted by Crippen LogP contribution is -2.52. The van der Waals surface area contributed by atoms with Crippen LogP contribution in [-0.4, -0.2) is 54.1 Å². The second-order valence-corrected chi connectivity index (χ2v) is 4.44. The molecule has 1 unspecified atom stereocenters. The molecule has 0 aromatic carbocycles. The second-order valence-electron chi connectivity index (χ2n) is 4.44. The van der Waals surface area contributed by atoms with Crippen molar-refractivity contribution in [2.45, 2.75) is 19.9 Å². The van der Waals surface area contributed by atoms with Crippen molar-refractivity contribution in [2.75, 3.05) is 43.4 Å². The van der Waals surface area contributed by atoms with Gasteiger partial charge in [0.25, 0.3) is 0 Å². The maximum absolute atomic E-state index is 4.53. The van der Waals surface area contributed by atoms with E-state index in [0.717, 1.165) is 37.8 Å². The molecular weight excluding hydrogens is 214 g/mol. The topological polar surface area (TPSA) is 44.3 Å². The van der Waals surface area contributed by atoms with Gasteiger partial charge in [0.15, 0.2) is 0 Å². The molecule has 5 nitrogen and oxygen atoms in total. The molecule has 1 fully saturated rings. The minimum atomic E-state index is 0.578. The lowest BCUT2D eigenvalue weighted by Gasteiger charge is -2.39. The third-order valence-electron chi connectivity index (χ3n) is 3.37. The molecule has 0 saturated carbocycles. The minimum Gasteiger partial charge on any atom is -0.372 e. The van der Waals surface area contributed by atoms with Crippen molar-refractivity contribution in [3.8, 4) is 0 Å². The van der Waals surface area contributed by atoms with Crippen LogP contribution in [0, 0.1) is 0 Å². The first-order valence-electron chi connectivity index (χ1n) is 6.23. The fourth-order valence-corrected chi connectivity index (χ4v) is 2.30. The van der Waals surface area contributed by atoms with E-state index in [4.69, 9.17) is 0 Å². The highest BCUT2D eigenvalue weighted by atomic mass is 15.3. The maximum Gasteiger partial charge on any atom is 0.149 e. The Morgan fingerprint density at radius 1 is 1.41 bits per heavy atom. The van der Waals surface area contributed by atoms with Gasteiger partial charge < -0.3 is 10.2 Å². The Morgan fingerprint density at radius 2 is 2.24 bits per heavy atom. The molecule has 0 amide bonds. The smallest absolute Gasteiger partial charge is 0.149 e. The number of hydrogen-bond acceptors (Lipinski definition) is 5. The van der Waals surface area contributed by atoms with E-state index in [1.54, 1.807) is 6.20 Å². The van der Waals surface area contributed by atoms with Gasteiger partial charge in [0.2, 0.25) is 0 Å². The van der Waals surface area contributed by atoms with Crippen molar-refractivity contribution in [3.05, 3.63) is 12.4 Å². The highest BCUT2D eigenvalue weighted by Gasteiger charge is 2.23. The maximum atomic E-state index is 4.53. The molecule has 94 valence electrons. The van der Waals surface area contributed by atoms with Gasteiger partial charge in [-0.25, -0.2) is 4.98 Å². The molecule has 2 heterocycles. The largest absolute Gasteiger partial charge is 0.372 e. The van der Waals surface area contributed by atoms with Crippen LogP contribution in [0.15, 0.2) is 12.4 Å². The van der Waals surface area contributed by atoms with E-state index in [9.17, 15) is 0 Å². The Morgan fingerprint density at radius 3 is 2.88 bits per heavy atom. The molecule has 1 N–H and O–H groups in total. The number of hydrogen-bond donors (Lipinski definition) is 1. The number of anilines is 2. The number of likely N-dealkylation sites (N-methyl/N-ethyl adjacent to an activating group) is 1. The molecule has 2 rings (SSSR count). The van der Waals surface area contributed by atoms with Gasteiger partial charge in [-0.05, 0) is 13.5 Å². The Bertz CT molecular complexity index is 368. The molecule has 1 atom stereocenters. The van der Waals surface area contributed by atoms with Crippen LogP contribution in [0.25, 0.3) is 0 Å². The number of rotatable bonds is 3. The third kappa shape index (κ3) is 2.66. The van der Waals surface area contributed by atoms with E-state index in [1.165, 1.54) is 0 Å². The van der Waals surface area contributed by atoms with Crippen molar-refractivity contribution in [1.82, 2.24) is 14.9 Å². The summed E-state index contributed by atoms with van der Waals surface area (Å²) in [5, 5.41) is 3.03. The minimum absolute atomic E-state index is 0.578. The second kappa shape index (κ2) is 5.31. The number of nitrogens with zero attached hydrogens (tertiary/aromatic N) is 4. The molecule has 1 saturated heterocycles. The van der Waals surface area contributed by atoms with Crippen LogP contribution in [0.4, 0.5) is 11.6 Å². The summed E-state index contributed by atoms with van der Waals surface area (Å²) in [6, 6.07) is 0.578. The average Bonchev–Trinajstić information content (AvgIpc) is 2.38. The lowest BCUT2D eigenvalue weighted by molar-refractivity contribution is 0.199. The summed E-state index contributed by atoms with van der Waals surface area (Å²) >= 11 is 0. The van der Waals surface area contributed by atoms with Crippen molar-refractivity contribution in [2.24, 2.45) is 0 Å². The molecule has 1 aliphatic rings. The zero-order valence-corrected chi connectivity index (χ0v) is 10.8. The van der Waals surface area contributed by atoms with Gasteiger partial charge in [-0.3, -0.25) is 9.88 Å². The van der Waals surface area contributed by atoms with Crippen molar-refractivity contribution < 1.29 is 0 Å². The van der Waals surface area contributed by atoms with Crippen molar-refractivity contribution in [1.29, 1.82) is 0 Å². The van der Waals surface area contributed by atoms with Crippen LogP contribution in [0.5, 0.6) is 0 Å². The van der Waals surface area contributed by atoms with Gasteiger partial charge >= 0.3 is 0 Å². The zero-order valence-electron chi connectivity index (χ0n) is 10.8. The summed E-state index contributed by atoms with van der Waals surface area (Å²) in [4.78, 5) is 13.6. The van der Waals surface area contributed by atoms with Gasteiger partial charge in [0.1, 0.15) is 11.6 Å². The van der Waals surface area contributed by atoms with Gasteiger partial charge in [0.05, 0.1) is 12.4 Å². The fourth-order valence-electron chi connectivity index (χ4n) is 2.30. The van der Waals surface area contributed by atoms with Gasteiger partial charge in [-0.1, -0.05) is 6.92 Å². The Hall–Kier alpha value is -1.36. The predicted molar refractivity (Wildman–Crippen MR) is 70.5 cm³/mol.